The monoisotopic (exact) mass is 506 g/mol. The second-order valence-electron chi connectivity index (χ2n) is 8.82. The molecule has 0 aliphatic rings. The molecule has 2 rings (SSSR count). The molecule has 0 heterocycles. The normalized spacial score (nSPS) is 12.1. The van der Waals surface area contributed by atoms with Gasteiger partial charge in [0.1, 0.15) is 6.61 Å². The fourth-order valence-corrected chi connectivity index (χ4v) is 3.99. The Bertz CT molecular complexity index is 994. The number of hydrogen-bond acceptors (Lipinski definition) is 5. The number of rotatable bonds is 17. The fraction of sp³-hybridized carbons (Fsp3) is 0.367. The van der Waals surface area contributed by atoms with E-state index in [1.165, 1.54) is 0 Å². The average Bonchev–Trinajstić information content (AvgIpc) is 2.91. The van der Waals surface area contributed by atoms with E-state index < -0.39 is 5.92 Å². The molecule has 2 aromatic rings. The highest BCUT2D eigenvalue weighted by atomic mass is 16.5. The minimum Gasteiger partial charge on any atom is -0.464 e. The SMILES string of the molecule is C=CC[C@@H](CC(=O)N(CCO)Cc1ccccc1)C(=O)NCCOC(=O)[C@@H](CC=C)Cc1ccccc1. The highest BCUT2D eigenvalue weighted by molar-refractivity contribution is 5.86. The Morgan fingerprint density at radius 1 is 0.919 bits per heavy atom. The van der Waals surface area contributed by atoms with Gasteiger partial charge in [0, 0.05) is 19.5 Å². The van der Waals surface area contributed by atoms with Gasteiger partial charge in [0.05, 0.1) is 25.0 Å². The first-order chi connectivity index (χ1) is 18.0. The quantitative estimate of drug-likeness (QED) is 0.194. The number of carbonyl (C=O) groups excluding carboxylic acids is 3. The van der Waals surface area contributed by atoms with Crippen LogP contribution in [0.1, 0.15) is 30.4 Å². The number of nitrogens with one attached hydrogen (secondary N) is 1. The molecule has 2 N–H and O–H groups in total. The van der Waals surface area contributed by atoms with Crippen LogP contribution in [0.25, 0.3) is 0 Å². The van der Waals surface area contributed by atoms with Crippen LogP contribution in [0.3, 0.4) is 0 Å². The van der Waals surface area contributed by atoms with E-state index in [0.29, 0.717) is 25.8 Å². The van der Waals surface area contributed by atoms with Gasteiger partial charge in [0.2, 0.25) is 11.8 Å². The van der Waals surface area contributed by atoms with Crippen molar-refractivity contribution in [3.05, 3.63) is 97.1 Å². The minimum atomic E-state index is -0.607. The summed E-state index contributed by atoms with van der Waals surface area (Å²) in [5.74, 6) is -1.82. The van der Waals surface area contributed by atoms with Crippen molar-refractivity contribution in [1.82, 2.24) is 10.2 Å². The lowest BCUT2D eigenvalue weighted by molar-refractivity contribution is -0.148. The van der Waals surface area contributed by atoms with E-state index in [-0.39, 0.29) is 56.4 Å². The third kappa shape index (κ3) is 10.8. The summed E-state index contributed by atoms with van der Waals surface area (Å²) in [5, 5.41) is 12.2. The minimum absolute atomic E-state index is 0.0110. The number of amides is 2. The molecule has 2 atom stereocenters. The van der Waals surface area contributed by atoms with Gasteiger partial charge in [0.15, 0.2) is 0 Å². The predicted molar refractivity (Wildman–Crippen MR) is 144 cm³/mol. The molecule has 2 amide bonds. The largest absolute Gasteiger partial charge is 0.464 e. The molecule has 7 nitrogen and oxygen atoms in total. The van der Waals surface area contributed by atoms with Crippen molar-refractivity contribution in [3.8, 4) is 0 Å². The topological polar surface area (TPSA) is 95.9 Å². The van der Waals surface area contributed by atoms with E-state index in [2.05, 4.69) is 18.5 Å². The van der Waals surface area contributed by atoms with Gasteiger partial charge >= 0.3 is 5.97 Å². The van der Waals surface area contributed by atoms with Gasteiger partial charge < -0.3 is 20.1 Å². The van der Waals surface area contributed by atoms with Crippen molar-refractivity contribution < 1.29 is 24.2 Å². The van der Waals surface area contributed by atoms with Gasteiger partial charge in [-0.15, -0.1) is 13.2 Å². The van der Waals surface area contributed by atoms with E-state index in [9.17, 15) is 19.5 Å². The van der Waals surface area contributed by atoms with Crippen LogP contribution in [0.2, 0.25) is 0 Å². The van der Waals surface area contributed by atoms with Crippen LogP contribution in [-0.2, 0) is 32.1 Å². The van der Waals surface area contributed by atoms with Gasteiger partial charge in [-0.25, -0.2) is 0 Å². The molecule has 37 heavy (non-hydrogen) atoms. The molecule has 0 saturated heterocycles. The lowest BCUT2D eigenvalue weighted by atomic mass is 9.96. The number of esters is 1. The van der Waals surface area contributed by atoms with E-state index in [0.717, 1.165) is 11.1 Å². The van der Waals surface area contributed by atoms with E-state index in [4.69, 9.17) is 4.74 Å². The van der Waals surface area contributed by atoms with Crippen molar-refractivity contribution in [3.63, 3.8) is 0 Å². The third-order valence-electron chi connectivity index (χ3n) is 5.94. The van der Waals surface area contributed by atoms with Crippen LogP contribution in [0.4, 0.5) is 0 Å². The summed E-state index contributed by atoms with van der Waals surface area (Å²) in [7, 11) is 0. The average molecular weight is 507 g/mol. The molecule has 0 spiro atoms. The maximum Gasteiger partial charge on any atom is 0.309 e. The van der Waals surface area contributed by atoms with E-state index in [1.807, 2.05) is 60.7 Å². The molecule has 0 aromatic heterocycles. The van der Waals surface area contributed by atoms with Gasteiger partial charge in [-0.2, -0.15) is 0 Å². The van der Waals surface area contributed by atoms with Crippen molar-refractivity contribution in [1.29, 1.82) is 0 Å². The zero-order chi connectivity index (χ0) is 26.9. The van der Waals surface area contributed by atoms with E-state index in [1.54, 1.807) is 17.1 Å². The molecular weight excluding hydrogens is 468 g/mol. The van der Waals surface area contributed by atoms with E-state index >= 15 is 0 Å². The Balaban J connectivity index is 1.85. The fourth-order valence-electron chi connectivity index (χ4n) is 3.99. The van der Waals surface area contributed by atoms with Gasteiger partial charge in [-0.05, 0) is 30.4 Å². The summed E-state index contributed by atoms with van der Waals surface area (Å²) >= 11 is 0. The molecule has 2 aromatic carbocycles. The predicted octanol–water partition coefficient (Wildman–Crippen LogP) is 3.68. The Morgan fingerprint density at radius 3 is 2.11 bits per heavy atom. The molecule has 0 unspecified atom stereocenters. The molecule has 0 aliphatic heterocycles. The van der Waals surface area contributed by atoms with Crippen LogP contribution < -0.4 is 5.32 Å². The standard InChI is InChI=1S/C30H38N2O5/c1-3-11-26(22-28(34)32(18-19-33)23-25-15-9-6-10-16-25)29(35)31-17-20-37-30(36)27(12-4-2)21-24-13-7-5-8-14-24/h3-10,13-16,26-27,33H,1-2,11-12,17-23H2,(H,31,35)/t26-,27-/m0/s1. The zero-order valence-electron chi connectivity index (χ0n) is 21.4. The Kier molecular flexibility index (Phi) is 13.5. The third-order valence-corrected chi connectivity index (χ3v) is 5.94. The summed E-state index contributed by atoms with van der Waals surface area (Å²) < 4.78 is 5.41. The smallest absolute Gasteiger partial charge is 0.309 e. The maximum atomic E-state index is 13.0. The molecule has 0 bridgehead atoms. The van der Waals surface area contributed by atoms with Crippen LogP contribution in [0.5, 0.6) is 0 Å². The Morgan fingerprint density at radius 2 is 1.51 bits per heavy atom. The molecule has 0 aliphatic carbocycles. The van der Waals surface area contributed by atoms with Gasteiger partial charge in [-0.1, -0.05) is 72.8 Å². The van der Waals surface area contributed by atoms with Crippen LogP contribution in [0, 0.1) is 11.8 Å². The first-order valence-corrected chi connectivity index (χ1v) is 12.6. The van der Waals surface area contributed by atoms with Gasteiger partial charge in [-0.3, -0.25) is 14.4 Å². The Labute approximate surface area is 219 Å². The highest BCUT2D eigenvalue weighted by Gasteiger charge is 2.24. The number of aliphatic hydroxyl groups is 1. The molecule has 0 fully saturated rings. The number of ether oxygens (including phenoxy) is 1. The van der Waals surface area contributed by atoms with Crippen molar-refractivity contribution in [2.75, 3.05) is 26.3 Å². The number of benzene rings is 2. The second-order valence-corrected chi connectivity index (χ2v) is 8.82. The lowest BCUT2D eigenvalue weighted by Crippen LogP contribution is -2.39. The molecule has 198 valence electrons. The summed E-state index contributed by atoms with van der Waals surface area (Å²) in [4.78, 5) is 39.9. The maximum absolute atomic E-state index is 13.0. The van der Waals surface area contributed by atoms with Crippen molar-refractivity contribution in [2.24, 2.45) is 11.8 Å². The summed E-state index contributed by atoms with van der Waals surface area (Å²) in [6.07, 6.45) is 4.67. The Hall–Kier alpha value is -3.71. The van der Waals surface area contributed by atoms with Crippen molar-refractivity contribution >= 4 is 17.8 Å². The highest BCUT2D eigenvalue weighted by Crippen LogP contribution is 2.16. The molecule has 0 saturated carbocycles. The van der Waals surface area contributed by atoms with Crippen LogP contribution in [0.15, 0.2) is 86.0 Å². The summed E-state index contributed by atoms with van der Waals surface area (Å²) in [6, 6.07) is 19.2. The molecule has 7 heteroatoms. The molecular formula is C30H38N2O5. The lowest BCUT2D eigenvalue weighted by Gasteiger charge is -2.24. The van der Waals surface area contributed by atoms with Crippen LogP contribution >= 0.6 is 0 Å². The van der Waals surface area contributed by atoms with Crippen LogP contribution in [-0.4, -0.2) is 54.1 Å². The summed E-state index contributed by atoms with van der Waals surface area (Å²) in [5.41, 5.74) is 1.98. The van der Waals surface area contributed by atoms with Crippen molar-refractivity contribution in [2.45, 2.75) is 32.2 Å². The number of allylic oxidation sites excluding steroid dienone is 2. The number of hydrogen-bond donors (Lipinski definition) is 2. The first-order valence-electron chi connectivity index (χ1n) is 12.6. The summed E-state index contributed by atoms with van der Waals surface area (Å²) in [6.45, 7) is 7.99. The molecule has 0 radical (unpaired) electrons. The first kappa shape index (κ1) is 29.5. The zero-order valence-corrected chi connectivity index (χ0v) is 21.4. The second kappa shape index (κ2) is 16.9. The van der Waals surface area contributed by atoms with Gasteiger partial charge in [0.25, 0.3) is 0 Å². The number of carbonyl (C=O) groups is 3. The number of aliphatic hydroxyl groups excluding tert-OH is 1. The number of nitrogens with zero attached hydrogens (tertiary/aromatic N) is 1.